The lowest BCUT2D eigenvalue weighted by molar-refractivity contribution is 0.285. The Morgan fingerprint density at radius 2 is 1.89 bits per heavy atom. The number of furan rings is 1. The molecule has 0 saturated heterocycles. The van der Waals surface area contributed by atoms with Crippen LogP contribution in [0, 0.1) is 13.8 Å². The van der Waals surface area contributed by atoms with Crippen LogP contribution in [0.25, 0.3) is 0 Å². The van der Waals surface area contributed by atoms with Crippen LogP contribution in [-0.4, -0.2) is 11.9 Å². The third kappa shape index (κ3) is 3.14. The van der Waals surface area contributed by atoms with Gasteiger partial charge in [0.1, 0.15) is 11.5 Å². The van der Waals surface area contributed by atoms with Crippen LogP contribution in [0.1, 0.15) is 22.6 Å². The van der Waals surface area contributed by atoms with Gasteiger partial charge in [-0.2, -0.15) is 0 Å². The maximum atomic E-state index is 5.99. The van der Waals surface area contributed by atoms with Crippen LogP contribution in [0.3, 0.4) is 0 Å². The Morgan fingerprint density at radius 3 is 2.56 bits per heavy atom. The van der Waals surface area contributed by atoms with Crippen LogP contribution >= 0.6 is 0 Å². The minimum absolute atomic E-state index is 0.793. The molecule has 0 spiro atoms. The molecule has 0 radical (unpaired) electrons. The van der Waals surface area contributed by atoms with Crippen LogP contribution in [0.2, 0.25) is 0 Å². The molecule has 1 heterocycles. The average molecular weight is 244 g/mol. The van der Waals surface area contributed by atoms with Crippen molar-refractivity contribution < 1.29 is 4.42 Å². The number of hydrogen-bond acceptors (Lipinski definition) is 3. The molecule has 2 aromatic rings. The molecule has 0 amide bonds. The molecule has 0 aliphatic rings. The second kappa shape index (κ2) is 5.27. The molecule has 96 valence electrons. The van der Waals surface area contributed by atoms with Crippen molar-refractivity contribution in [2.45, 2.75) is 26.9 Å². The largest absolute Gasteiger partial charge is 0.465 e. The van der Waals surface area contributed by atoms with Crippen molar-refractivity contribution in [2.24, 2.45) is 0 Å². The Morgan fingerprint density at radius 1 is 1.11 bits per heavy atom. The van der Waals surface area contributed by atoms with Crippen LogP contribution in [0.15, 0.2) is 34.7 Å². The molecular weight excluding hydrogens is 224 g/mol. The van der Waals surface area contributed by atoms with Crippen molar-refractivity contribution in [2.75, 3.05) is 12.8 Å². The lowest BCUT2D eigenvalue weighted by atomic mass is 10.1. The Bertz CT molecular complexity index is 531. The van der Waals surface area contributed by atoms with Gasteiger partial charge >= 0.3 is 0 Å². The van der Waals surface area contributed by atoms with Crippen LogP contribution < -0.4 is 5.73 Å². The standard InChI is InChI=1S/C15H20N2O/c1-11-4-7-15(16)13(8-11)9-17(3)10-14-6-5-12(2)18-14/h4-8H,9-10,16H2,1-3H3. The van der Waals surface area contributed by atoms with Gasteiger partial charge in [-0.05, 0) is 44.7 Å². The first-order chi connectivity index (χ1) is 8.54. The summed E-state index contributed by atoms with van der Waals surface area (Å²) in [5.41, 5.74) is 9.24. The molecule has 3 heteroatoms. The molecule has 0 atom stereocenters. The van der Waals surface area contributed by atoms with Crippen molar-refractivity contribution in [3.8, 4) is 0 Å². The molecule has 0 saturated carbocycles. The second-order valence-electron chi connectivity index (χ2n) is 4.89. The third-order valence-corrected chi connectivity index (χ3v) is 2.96. The Hall–Kier alpha value is -1.74. The normalized spacial score (nSPS) is 11.1. The molecule has 0 bridgehead atoms. The highest BCUT2D eigenvalue weighted by atomic mass is 16.3. The highest BCUT2D eigenvalue weighted by Crippen LogP contribution is 2.17. The summed E-state index contributed by atoms with van der Waals surface area (Å²) in [6.07, 6.45) is 0. The van der Waals surface area contributed by atoms with E-state index in [9.17, 15) is 0 Å². The number of aryl methyl sites for hydroxylation is 2. The molecule has 1 aromatic heterocycles. The van der Waals surface area contributed by atoms with Gasteiger partial charge in [-0.3, -0.25) is 4.90 Å². The monoisotopic (exact) mass is 244 g/mol. The number of nitrogens with two attached hydrogens (primary N) is 1. The average Bonchev–Trinajstić information content (AvgIpc) is 2.69. The fourth-order valence-electron chi connectivity index (χ4n) is 2.05. The first-order valence-corrected chi connectivity index (χ1v) is 6.13. The van der Waals surface area contributed by atoms with Crippen molar-refractivity contribution >= 4 is 5.69 Å². The summed E-state index contributed by atoms with van der Waals surface area (Å²) >= 11 is 0. The molecule has 3 nitrogen and oxygen atoms in total. The predicted molar refractivity (Wildman–Crippen MR) is 74.2 cm³/mol. The van der Waals surface area contributed by atoms with E-state index >= 15 is 0 Å². The van der Waals surface area contributed by atoms with Crippen molar-refractivity contribution in [1.82, 2.24) is 4.90 Å². The summed E-state index contributed by atoms with van der Waals surface area (Å²) < 4.78 is 5.57. The van der Waals surface area contributed by atoms with E-state index in [4.69, 9.17) is 10.2 Å². The van der Waals surface area contributed by atoms with Gasteiger partial charge in [0.05, 0.1) is 6.54 Å². The topological polar surface area (TPSA) is 42.4 Å². The van der Waals surface area contributed by atoms with Gasteiger partial charge in [-0.15, -0.1) is 0 Å². The Labute approximate surface area is 108 Å². The van der Waals surface area contributed by atoms with E-state index in [2.05, 4.69) is 24.9 Å². The predicted octanol–water partition coefficient (Wildman–Crippen LogP) is 3.11. The summed E-state index contributed by atoms with van der Waals surface area (Å²) in [6.45, 7) is 5.66. The Kier molecular flexibility index (Phi) is 3.72. The van der Waals surface area contributed by atoms with Crippen LogP contribution in [0.5, 0.6) is 0 Å². The maximum absolute atomic E-state index is 5.99. The molecule has 0 fully saturated rings. The van der Waals surface area contributed by atoms with E-state index in [0.717, 1.165) is 30.3 Å². The molecular formula is C15H20N2O. The minimum Gasteiger partial charge on any atom is -0.465 e. The van der Waals surface area contributed by atoms with E-state index in [0.29, 0.717) is 0 Å². The number of anilines is 1. The van der Waals surface area contributed by atoms with Crippen molar-refractivity contribution in [1.29, 1.82) is 0 Å². The molecule has 1 aromatic carbocycles. The molecule has 0 aliphatic carbocycles. The van der Waals surface area contributed by atoms with Crippen molar-refractivity contribution in [3.05, 3.63) is 53.0 Å². The molecule has 2 rings (SSSR count). The number of rotatable bonds is 4. The summed E-state index contributed by atoms with van der Waals surface area (Å²) in [5.74, 6) is 1.94. The number of hydrogen-bond donors (Lipinski definition) is 1. The number of nitrogen functional groups attached to an aromatic ring is 1. The number of benzene rings is 1. The molecule has 18 heavy (non-hydrogen) atoms. The first-order valence-electron chi connectivity index (χ1n) is 6.13. The number of nitrogens with zero attached hydrogens (tertiary/aromatic N) is 1. The SMILES string of the molecule is Cc1ccc(N)c(CN(C)Cc2ccc(C)o2)c1. The van der Waals surface area contributed by atoms with Gasteiger partial charge in [-0.25, -0.2) is 0 Å². The lowest BCUT2D eigenvalue weighted by Gasteiger charge is -2.17. The Balaban J connectivity index is 2.02. The van der Waals surface area contributed by atoms with Gasteiger partial charge in [0, 0.05) is 12.2 Å². The van der Waals surface area contributed by atoms with E-state index in [-0.39, 0.29) is 0 Å². The zero-order valence-corrected chi connectivity index (χ0v) is 11.2. The zero-order valence-electron chi connectivity index (χ0n) is 11.2. The van der Waals surface area contributed by atoms with Crippen LogP contribution in [-0.2, 0) is 13.1 Å². The summed E-state index contributed by atoms with van der Waals surface area (Å²) in [7, 11) is 2.07. The van der Waals surface area contributed by atoms with Gasteiger partial charge in [0.25, 0.3) is 0 Å². The zero-order chi connectivity index (χ0) is 13.1. The van der Waals surface area contributed by atoms with E-state index in [1.807, 2.05) is 31.2 Å². The van der Waals surface area contributed by atoms with Gasteiger partial charge in [0.2, 0.25) is 0 Å². The van der Waals surface area contributed by atoms with E-state index in [1.165, 1.54) is 11.1 Å². The van der Waals surface area contributed by atoms with Crippen molar-refractivity contribution in [3.63, 3.8) is 0 Å². The quantitative estimate of drug-likeness (QED) is 0.840. The summed E-state index contributed by atoms with van der Waals surface area (Å²) in [6, 6.07) is 10.2. The fraction of sp³-hybridized carbons (Fsp3) is 0.333. The highest BCUT2D eigenvalue weighted by molar-refractivity contribution is 5.48. The smallest absolute Gasteiger partial charge is 0.118 e. The maximum Gasteiger partial charge on any atom is 0.118 e. The fourth-order valence-corrected chi connectivity index (χ4v) is 2.05. The summed E-state index contributed by atoms with van der Waals surface area (Å²) in [5, 5.41) is 0. The molecule has 0 unspecified atom stereocenters. The third-order valence-electron chi connectivity index (χ3n) is 2.96. The highest BCUT2D eigenvalue weighted by Gasteiger charge is 2.07. The second-order valence-corrected chi connectivity index (χ2v) is 4.89. The van der Waals surface area contributed by atoms with Gasteiger partial charge in [-0.1, -0.05) is 17.7 Å². The van der Waals surface area contributed by atoms with Gasteiger partial charge in [0.15, 0.2) is 0 Å². The van der Waals surface area contributed by atoms with Crippen LogP contribution in [0.4, 0.5) is 5.69 Å². The minimum atomic E-state index is 0.793. The van der Waals surface area contributed by atoms with Gasteiger partial charge < -0.3 is 10.2 Å². The summed E-state index contributed by atoms with van der Waals surface area (Å²) in [4.78, 5) is 2.20. The molecule has 2 N–H and O–H groups in total. The van der Waals surface area contributed by atoms with E-state index < -0.39 is 0 Å². The lowest BCUT2D eigenvalue weighted by Crippen LogP contribution is -2.17. The first kappa shape index (κ1) is 12.7. The van der Waals surface area contributed by atoms with E-state index in [1.54, 1.807) is 0 Å². The molecule has 0 aliphatic heterocycles.